The molecule has 2 aliphatic rings. The van der Waals surface area contributed by atoms with Crippen LogP contribution in [0.25, 0.3) is 0 Å². The predicted octanol–water partition coefficient (Wildman–Crippen LogP) is 4.15. The van der Waals surface area contributed by atoms with Crippen LogP contribution in [0, 0.1) is 6.92 Å². The molecule has 184 valence electrons. The summed E-state index contributed by atoms with van der Waals surface area (Å²) in [6.45, 7) is 3.35. The minimum Gasteiger partial charge on any atom is -0.376 e. The minimum absolute atomic E-state index is 0.0239. The molecule has 35 heavy (non-hydrogen) atoms. The summed E-state index contributed by atoms with van der Waals surface area (Å²) >= 11 is 0. The maximum atomic E-state index is 13.5. The second-order valence-electron chi connectivity index (χ2n) is 9.50. The number of hydrogen-bond donors (Lipinski definition) is 0. The highest BCUT2D eigenvalue weighted by Crippen LogP contribution is 2.31. The topological polar surface area (TPSA) is 81.5 Å². The van der Waals surface area contributed by atoms with E-state index in [9.17, 15) is 13.2 Å². The molecule has 1 saturated heterocycles. The summed E-state index contributed by atoms with van der Waals surface area (Å²) in [5, 5.41) is 0.0472. The van der Waals surface area contributed by atoms with Gasteiger partial charge < -0.3 is 14.2 Å². The number of imidazole rings is 1. The van der Waals surface area contributed by atoms with Crippen LogP contribution < -0.4 is 0 Å². The average Bonchev–Trinajstić information content (AvgIpc) is 3.40. The number of aryl methyl sites for hydroxylation is 1. The van der Waals surface area contributed by atoms with Gasteiger partial charge in [-0.1, -0.05) is 48.5 Å². The number of sulfone groups is 1. The third-order valence-corrected chi connectivity index (χ3v) is 8.34. The summed E-state index contributed by atoms with van der Waals surface area (Å²) in [6.07, 6.45) is 5.31. The second-order valence-corrected chi connectivity index (χ2v) is 11.4. The van der Waals surface area contributed by atoms with Gasteiger partial charge >= 0.3 is 0 Å². The van der Waals surface area contributed by atoms with Crippen molar-refractivity contribution in [2.24, 2.45) is 0 Å². The van der Waals surface area contributed by atoms with Crippen molar-refractivity contribution >= 4 is 15.7 Å². The number of hydrogen-bond acceptors (Lipinski definition) is 5. The summed E-state index contributed by atoms with van der Waals surface area (Å²) < 4.78 is 34.5. The van der Waals surface area contributed by atoms with Gasteiger partial charge in [0.1, 0.15) is 0 Å². The zero-order valence-electron chi connectivity index (χ0n) is 20.0. The number of carbonyl (C=O) groups is 1. The van der Waals surface area contributed by atoms with E-state index in [1.54, 1.807) is 10.8 Å². The summed E-state index contributed by atoms with van der Waals surface area (Å²) in [4.78, 5) is 19.8. The van der Waals surface area contributed by atoms with Crippen LogP contribution in [-0.2, 0) is 33.4 Å². The molecule has 1 atom stereocenters. The van der Waals surface area contributed by atoms with Gasteiger partial charge in [-0.05, 0) is 49.8 Å². The fourth-order valence-corrected chi connectivity index (χ4v) is 6.21. The monoisotopic (exact) mass is 493 g/mol. The van der Waals surface area contributed by atoms with Crippen LogP contribution in [0.5, 0.6) is 0 Å². The Morgan fingerprint density at radius 2 is 1.83 bits per heavy atom. The van der Waals surface area contributed by atoms with Gasteiger partial charge in [-0.3, -0.25) is 4.79 Å². The lowest BCUT2D eigenvalue weighted by Gasteiger charge is -2.25. The van der Waals surface area contributed by atoms with Gasteiger partial charge in [-0.15, -0.1) is 0 Å². The molecule has 0 spiro atoms. The molecular formula is C27H31N3O4S. The molecule has 7 nitrogen and oxygen atoms in total. The Kier molecular flexibility index (Phi) is 6.75. The molecule has 0 unspecified atom stereocenters. The highest BCUT2D eigenvalue weighted by molar-refractivity contribution is 7.90. The second kappa shape index (κ2) is 9.95. The van der Waals surface area contributed by atoms with Crippen molar-refractivity contribution in [3.63, 3.8) is 0 Å². The molecule has 2 aromatic carbocycles. The van der Waals surface area contributed by atoms with E-state index in [1.165, 1.54) is 0 Å². The molecule has 2 fully saturated rings. The van der Waals surface area contributed by atoms with Crippen molar-refractivity contribution in [2.45, 2.75) is 68.8 Å². The molecule has 0 N–H and O–H groups in total. The lowest BCUT2D eigenvalue weighted by Crippen LogP contribution is -2.34. The highest BCUT2D eigenvalue weighted by atomic mass is 32.2. The van der Waals surface area contributed by atoms with E-state index in [1.807, 2.05) is 66.4 Å². The molecular weight excluding hydrogens is 462 g/mol. The van der Waals surface area contributed by atoms with Crippen LogP contribution in [0.2, 0.25) is 0 Å². The minimum atomic E-state index is -3.69. The molecule has 1 amide bonds. The zero-order chi connectivity index (χ0) is 24.4. The lowest BCUT2D eigenvalue weighted by molar-refractivity contribution is 0.0717. The van der Waals surface area contributed by atoms with Crippen LogP contribution >= 0.6 is 0 Å². The summed E-state index contributed by atoms with van der Waals surface area (Å²) in [5.74, 6) is -0.145. The molecule has 1 aliphatic heterocycles. The van der Waals surface area contributed by atoms with Crippen molar-refractivity contribution in [3.05, 3.63) is 83.2 Å². The van der Waals surface area contributed by atoms with E-state index in [0.717, 1.165) is 42.5 Å². The van der Waals surface area contributed by atoms with Crippen molar-refractivity contribution in [2.75, 3.05) is 6.61 Å². The molecule has 0 radical (unpaired) electrons. The van der Waals surface area contributed by atoms with Crippen LogP contribution in [0.3, 0.4) is 0 Å². The number of amides is 1. The lowest BCUT2D eigenvalue weighted by atomic mass is 10.1. The van der Waals surface area contributed by atoms with Gasteiger partial charge in [0.25, 0.3) is 5.91 Å². The largest absolute Gasteiger partial charge is 0.376 e. The first-order chi connectivity index (χ1) is 16.9. The van der Waals surface area contributed by atoms with Gasteiger partial charge in [0.2, 0.25) is 15.0 Å². The molecule has 1 saturated carbocycles. The maximum Gasteiger partial charge on any atom is 0.254 e. The van der Waals surface area contributed by atoms with Gasteiger partial charge in [-0.25, -0.2) is 13.4 Å². The number of aromatic nitrogens is 2. The maximum absolute atomic E-state index is 13.5. The van der Waals surface area contributed by atoms with E-state index in [-0.39, 0.29) is 29.0 Å². The van der Waals surface area contributed by atoms with E-state index >= 15 is 0 Å². The summed E-state index contributed by atoms with van der Waals surface area (Å²) in [6, 6.07) is 16.9. The molecule has 8 heteroatoms. The molecule has 5 rings (SSSR count). The number of benzene rings is 2. The van der Waals surface area contributed by atoms with E-state index in [0.29, 0.717) is 25.3 Å². The van der Waals surface area contributed by atoms with E-state index in [2.05, 4.69) is 4.98 Å². The van der Waals surface area contributed by atoms with Gasteiger partial charge in [0.15, 0.2) is 0 Å². The zero-order valence-corrected chi connectivity index (χ0v) is 20.8. The Labute approximate surface area is 206 Å². The molecule has 2 heterocycles. The van der Waals surface area contributed by atoms with E-state index in [4.69, 9.17) is 4.74 Å². The third kappa shape index (κ3) is 5.33. The number of ether oxygens (including phenoxy) is 1. The standard InChI is InChI=1S/C27H31N3O4S/c1-20-8-5-6-12-25(20)26(31)29(22-13-14-22)17-23-16-28-27(30(23)18-24-11-7-15-34-24)35(32,33)19-21-9-3-2-4-10-21/h2-6,8-10,12,16,22,24H,7,11,13-15,17-19H2,1H3/t24-/m1/s1. The SMILES string of the molecule is Cc1ccccc1C(=O)N(Cc1cnc(S(=O)(=O)Cc2ccccc2)n1C[C@H]1CCCO1)C1CC1. The molecule has 1 aliphatic carbocycles. The van der Waals surface area contributed by atoms with Crippen molar-refractivity contribution < 1.29 is 17.9 Å². The first-order valence-electron chi connectivity index (χ1n) is 12.2. The number of rotatable bonds is 9. The van der Waals surface area contributed by atoms with Crippen molar-refractivity contribution in [3.8, 4) is 0 Å². The van der Waals surface area contributed by atoms with Crippen LogP contribution in [0.4, 0.5) is 0 Å². The third-order valence-electron chi connectivity index (χ3n) is 6.75. The molecule has 1 aromatic heterocycles. The van der Waals surface area contributed by atoms with Crippen molar-refractivity contribution in [1.82, 2.24) is 14.5 Å². The predicted molar refractivity (Wildman–Crippen MR) is 133 cm³/mol. The Morgan fingerprint density at radius 1 is 1.09 bits per heavy atom. The number of carbonyl (C=O) groups excluding carboxylic acids is 1. The Balaban J connectivity index is 1.47. The van der Waals surface area contributed by atoms with Crippen molar-refractivity contribution in [1.29, 1.82) is 0 Å². The fraction of sp³-hybridized carbons (Fsp3) is 0.407. The molecule has 3 aromatic rings. The fourth-order valence-electron chi connectivity index (χ4n) is 4.71. The Morgan fingerprint density at radius 3 is 2.51 bits per heavy atom. The summed E-state index contributed by atoms with van der Waals surface area (Å²) in [5.41, 5.74) is 3.06. The normalized spacial score (nSPS) is 18.0. The highest BCUT2D eigenvalue weighted by Gasteiger charge is 2.35. The van der Waals surface area contributed by atoms with Gasteiger partial charge in [0.05, 0.1) is 36.8 Å². The van der Waals surface area contributed by atoms with Crippen LogP contribution in [0.15, 0.2) is 66.0 Å². The Hall–Kier alpha value is -2.97. The van der Waals surface area contributed by atoms with Gasteiger partial charge in [-0.2, -0.15) is 0 Å². The van der Waals surface area contributed by atoms with Gasteiger partial charge in [0, 0.05) is 18.2 Å². The average molecular weight is 494 g/mol. The summed E-state index contributed by atoms with van der Waals surface area (Å²) in [7, 11) is -3.69. The molecule has 0 bridgehead atoms. The quantitative estimate of drug-likeness (QED) is 0.447. The van der Waals surface area contributed by atoms with Crippen LogP contribution in [0.1, 0.15) is 52.9 Å². The Bertz CT molecular complexity index is 1290. The first-order valence-corrected chi connectivity index (χ1v) is 13.9. The van der Waals surface area contributed by atoms with Crippen LogP contribution in [-0.4, -0.2) is 47.5 Å². The first kappa shape index (κ1) is 23.8. The van der Waals surface area contributed by atoms with E-state index < -0.39 is 9.84 Å². The number of nitrogens with zero attached hydrogens (tertiary/aromatic N) is 3. The smallest absolute Gasteiger partial charge is 0.254 e.